The van der Waals surface area contributed by atoms with Gasteiger partial charge in [-0.05, 0) is 49.6 Å². The van der Waals surface area contributed by atoms with E-state index in [1.165, 1.54) is 5.56 Å². The lowest BCUT2D eigenvalue weighted by Crippen LogP contribution is -2.30. The Morgan fingerprint density at radius 3 is 2.83 bits per heavy atom. The number of nitrogens with one attached hydrogen (secondary N) is 1. The Hall–Kier alpha value is -2.45. The number of pyridine rings is 2. The summed E-state index contributed by atoms with van der Waals surface area (Å²) in [6.07, 6.45) is 4.55. The minimum atomic E-state index is 0.157. The Morgan fingerprint density at radius 2 is 2.09 bits per heavy atom. The summed E-state index contributed by atoms with van der Waals surface area (Å²) in [5.74, 6) is 1.01. The van der Waals surface area contributed by atoms with Gasteiger partial charge in [-0.2, -0.15) is 5.26 Å². The number of nitrogens with zero attached hydrogens (tertiary/aromatic N) is 3. The number of aromatic nitrogens is 2. The molecule has 2 aromatic rings. The zero-order valence-electron chi connectivity index (χ0n) is 13.4. The van der Waals surface area contributed by atoms with Crippen LogP contribution in [-0.2, 0) is 11.2 Å². The first-order chi connectivity index (χ1) is 11.2. The summed E-state index contributed by atoms with van der Waals surface area (Å²) in [5.41, 5.74) is 3.80. The molecule has 0 aliphatic carbocycles. The van der Waals surface area contributed by atoms with Gasteiger partial charge in [-0.25, -0.2) is 4.98 Å². The lowest BCUT2D eigenvalue weighted by atomic mass is 9.95. The first-order valence-corrected chi connectivity index (χ1v) is 7.79. The van der Waals surface area contributed by atoms with Crippen LogP contribution in [0.15, 0.2) is 30.6 Å². The number of ether oxygens (including phenoxy) is 1. The van der Waals surface area contributed by atoms with Crippen LogP contribution in [0.3, 0.4) is 0 Å². The molecule has 118 valence electrons. The molecule has 1 N–H and O–H groups in total. The van der Waals surface area contributed by atoms with Crippen molar-refractivity contribution < 1.29 is 4.74 Å². The van der Waals surface area contributed by atoms with Crippen molar-refractivity contribution in [1.29, 1.82) is 5.26 Å². The van der Waals surface area contributed by atoms with E-state index in [9.17, 15) is 5.26 Å². The number of nitriles is 1. The molecule has 2 atom stereocenters. The van der Waals surface area contributed by atoms with Crippen molar-refractivity contribution in [2.45, 2.75) is 26.3 Å². The highest BCUT2D eigenvalue weighted by Gasteiger charge is 2.29. The fraction of sp³-hybridized carbons (Fsp3) is 0.389. The Kier molecular flexibility index (Phi) is 4.54. The molecule has 3 rings (SSSR count). The zero-order chi connectivity index (χ0) is 16.2. The van der Waals surface area contributed by atoms with Crippen LogP contribution < -0.4 is 5.32 Å². The largest absolute Gasteiger partial charge is 0.379 e. The van der Waals surface area contributed by atoms with Crippen molar-refractivity contribution in [3.8, 4) is 6.07 Å². The first kappa shape index (κ1) is 15.4. The van der Waals surface area contributed by atoms with E-state index in [-0.39, 0.29) is 6.04 Å². The van der Waals surface area contributed by atoms with Crippen LogP contribution in [0.25, 0.3) is 0 Å². The predicted octanol–water partition coefficient (Wildman–Crippen LogP) is 2.63. The maximum absolute atomic E-state index is 9.34. The summed E-state index contributed by atoms with van der Waals surface area (Å²) >= 11 is 0. The molecular weight excluding hydrogens is 288 g/mol. The smallest absolute Gasteiger partial charge is 0.144 e. The highest BCUT2D eigenvalue weighted by molar-refractivity contribution is 5.54. The second-order valence-corrected chi connectivity index (χ2v) is 6.01. The third-order valence-electron chi connectivity index (χ3n) is 4.35. The second kappa shape index (κ2) is 6.76. The molecule has 5 nitrogen and oxygen atoms in total. The molecule has 1 aliphatic rings. The molecule has 1 saturated heterocycles. The molecular formula is C18H20N4O. The molecule has 1 aliphatic heterocycles. The average molecular weight is 308 g/mol. The van der Waals surface area contributed by atoms with Crippen molar-refractivity contribution in [1.82, 2.24) is 9.97 Å². The Labute approximate surface area is 136 Å². The monoisotopic (exact) mass is 308 g/mol. The van der Waals surface area contributed by atoms with E-state index in [0.29, 0.717) is 30.5 Å². The Morgan fingerprint density at radius 1 is 1.30 bits per heavy atom. The molecule has 0 spiro atoms. The highest BCUT2D eigenvalue weighted by Crippen LogP contribution is 2.24. The molecule has 0 radical (unpaired) electrons. The second-order valence-electron chi connectivity index (χ2n) is 6.01. The van der Waals surface area contributed by atoms with Gasteiger partial charge in [-0.3, -0.25) is 4.98 Å². The van der Waals surface area contributed by atoms with Crippen LogP contribution >= 0.6 is 0 Å². The summed E-state index contributed by atoms with van der Waals surface area (Å²) < 4.78 is 5.65. The minimum absolute atomic E-state index is 0.157. The lowest BCUT2D eigenvalue weighted by Gasteiger charge is -2.21. The summed E-state index contributed by atoms with van der Waals surface area (Å²) in [4.78, 5) is 8.60. The number of rotatable bonds is 4. The minimum Gasteiger partial charge on any atom is -0.379 e. The molecule has 0 amide bonds. The Balaban J connectivity index is 1.77. The fourth-order valence-corrected chi connectivity index (χ4v) is 2.86. The molecule has 3 heterocycles. The maximum Gasteiger partial charge on any atom is 0.144 e. The number of hydrogen-bond acceptors (Lipinski definition) is 5. The summed E-state index contributed by atoms with van der Waals surface area (Å²) in [6, 6.07) is 8.34. The van der Waals surface area contributed by atoms with Gasteiger partial charge in [-0.1, -0.05) is 0 Å². The van der Waals surface area contributed by atoms with E-state index in [0.717, 1.165) is 17.7 Å². The fourth-order valence-electron chi connectivity index (χ4n) is 2.86. The quantitative estimate of drug-likeness (QED) is 0.940. The van der Waals surface area contributed by atoms with Crippen molar-refractivity contribution in [3.05, 3.63) is 53.0 Å². The maximum atomic E-state index is 9.34. The molecule has 23 heavy (non-hydrogen) atoms. The van der Waals surface area contributed by atoms with E-state index >= 15 is 0 Å². The van der Waals surface area contributed by atoms with Crippen LogP contribution in [-0.4, -0.2) is 29.2 Å². The van der Waals surface area contributed by atoms with Crippen molar-refractivity contribution in [2.24, 2.45) is 5.92 Å². The van der Waals surface area contributed by atoms with Crippen molar-refractivity contribution in [2.75, 3.05) is 18.5 Å². The summed E-state index contributed by atoms with van der Waals surface area (Å²) in [6.45, 7) is 5.28. The van der Waals surface area contributed by atoms with Crippen LogP contribution in [0, 0.1) is 31.1 Å². The van der Waals surface area contributed by atoms with Crippen LogP contribution in [0.2, 0.25) is 0 Å². The van der Waals surface area contributed by atoms with Gasteiger partial charge in [0.1, 0.15) is 11.9 Å². The van der Waals surface area contributed by atoms with Crippen LogP contribution in [0.5, 0.6) is 0 Å². The van der Waals surface area contributed by atoms with Crippen LogP contribution in [0.4, 0.5) is 5.82 Å². The van der Waals surface area contributed by atoms with Gasteiger partial charge in [0.05, 0.1) is 24.8 Å². The van der Waals surface area contributed by atoms with Gasteiger partial charge in [-0.15, -0.1) is 0 Å². The van der Waals surface area contributed by atoms with Crippen LogP contribution in [0.1, 0.15) is 22.4 Å². The molecule has 0 unspecified atom stereocenters. The van der Waals surface area contributed by atoms with Crippen molar-refractivity contribution >= 4 is 5.82 Å². The van der Waals surface area contributed by atoms with Crippen molar-refractivity contribution in [3.63, 3.8) is 0 Å². The molecule has 1 fully saturated rings. The SMILES string of the molecule is Cc1cc(C#N)c(N[C@@H]2COC[C@H]2Cc2ccncc2)nc1C. The number of aryl methyl sites for hydroxylation is 2. The average Bonchev–Trinajstić information content (AvgIpc) is 2.98. The topological polar surface area (TPSA) is 70.8 Å². The van der Waals surface area contributed by atoms with Gasteiger partial charge in [0.25, 0.3) is 0 Å². The molecule has 2 aromatic heterocycles. The normalized spacial score (nSPS) is 20.2. The van der Waals surface area contributed by atoms with Gasteiger partial charge in [0.2, 0.25) is 0 Å². The van der Waals surface area contributed by atoms with Gasteiger partial charge < -0.3 is 10.1 Å². The molecule has 0 saturated carbocycles. The van der Waals surface area contributed by atoms with E-state index in [2.05, 4.69) is 21.4 Å². The zero-order valence-corrected chi connectivity index (χ0v) is 13.4. The molecule has 5 heteroatoms. The lowest BCUT2D eigenvalue weighted by molar-refractivity contribution is 0.185. The standard InChI is InChI=1S/C18H20N4O/c1-12-7-15(9-19)18(21-13(12)2)22-17-11-23-10-16(17)8-14-3-5-20-6-4-14/h3-7,16-17H,8,10-11H2,1-2H3,(H,21,22)/t16-,17-/m1/s1. The third kappa shape index (κ3) is 3.49. The predicted molar refractivity (Wildman–Crippen MR) is 88.1 cm³/mol. The first-order valence-electron chi connectivity index (χ1n) is 7.79. The Bertz CT molecular complexity index is 724. The summed E-state index contributed by atoms with van der Waals surface area (Å²) in [5, 5.41) is 12.8. The van der Waals surface area contributed by atoms with E-state index in [1.54, 1.807) is 0 Å². The van der Waals surface area contributed by atoms with Gasteiger partial charge in [0, 0.05) is 24.0 Å². The van der Waals surface area contributed by atoms with E-state index < -0.39 is 0 Å². The van der Waals surface area contributed by atoms with E-state index in [1.807, 2.05) is 44.4 Å². The van der Waals surface area contributed by atoms with E-state index in [4.69, 9.17) is 4.74 Å². The molecule has 0 aromatic carbocycles. The van der Waals surface area contributed by atoms with Gasteiger partial charge >= 0.3 is 0 Å². The van der Waals surface area contributed by atoms with Gasteiger partial charge in [0.15, 0.2) is 0 Å². The third-order valence-corrected chi connectivity index (χ3v) is 4.35. The number of hydrogen-bond donors (Lipinski definition) is 1. The summed E-state index contributed by atoms with van der Waals surface area (Å²) in [7, 11) is 0. The number of anilines is 1. The highest BCUT2D eigenvalue weighted by atomic mass is 16.5. The molecule has 0 bridgehead atoms.